The number of carbonyl (C=O) groups is 3. The summed E-state index contributed by atoms with van der Waals surface area (Å²) in [5.41, 5.74) is 1.19. The summed E-state index contributed by atoms with van der Waals surface area (Å²) in [6.07, 6.45) is 7.28. The van der Waals surface area contributed by atoms with Crippen molar-refractivity contribution in [3.63, 3.8) is 0 Å². The average molecular weight is 367 g/mol. The lowest BCUT2D eigenvalue weighted by Gasteiger charge is -2.21. The maximum absolute atomic E-state index is 12.6. The lowest BCUT2D eigenvalue weighted by molar-refractivity contribution is -0.119. The molecule has 5 rings (SSSR count). The highest BCUT2D eigenvalue weighted by molar-refractivity contribution is 6.21. The molecule has 1 aromatic carbocycles. The molecule has 4 amide bonds. The summed E-state index contributed by atoms with van der Waals surface area (Å²) in [6, 6.07) is 6.53. The van der Waals surface area contributed by atoms with Crippen LogP contribution < -0.4 is 10.2 Å². The molecule has 4 aliphatic rings. The number of amides is 4. The number of anilines is 2. The number of carbonyl (C=O) groups excluding carboxylic acids is 3. The van der Waals surface area contributed by atoms with Gasteiger partial charge >= 0.3 is 6.03 Å². The maximum Gasteiger partial charge on any atom is 0.332 e. The second kappa shape index (κ2) is 6.36. The van der Waals surface area contributed by atoms with Crippen molar-refractivity contribution in [2.45, 2.75) is 51.0 Å². The van der Waals surface area contributed by atoms with E-state index < -0.39 is 0 Å². The third kappa shape index (κ3) is 2.82. The molecule has 6 nitrogen and oxygen atoms in total. The largest absolute Gasteiger partial charge is 0.332 e. The van der Waals surface area contributed by atoms with Crippen LogP contribution in [0.2, 0.25) is 0 Å². The van der Waals surface area contributed by atoms with Crippen LogP contribution in [0.25, 0.3) is 0 Å². The lowest BCUT2D eigenvalue weighted by Crippen LogP contribution is -2.33. The number of imide groups is 1. The molecular weight excluding hydrogens is 342 g/mol. The zero-order valence-electron chi connectivity index (χ0n) is 15.4. The third-order valence-corrected chi connectivity index (χ3v) is 6.92. The summed E-state index contributed by atoms with van der Waals surface area (Å²) < 4.78 is 0. The predicted molar refractivity (Wildman–Crippen MR) is 101 cm³/mol. The molecular formula is C21H25N3O3. The topological polar surface area (TPSA) is 69.7 Å². The fourth-order valence-electron chi connectivity index (χ4n) is 5.66. The summed E-state index contributed by atoms with van der Waals surface area (Å²) in [4.78, 5) is 40.6. The first-order valence-corrected chi connectivity index (χ1v) is 10.1. The molecule has 2 saturated heterocycles. The van der Waals surface area contributed by atoms with E-state index in [2.05, 4.69) is 5.32 Å². The van der Waals surface area contributed by atoms with Gasteiger partial charge < -0.3 is 10.2 Å². The van der Waals surface area contributed by atoms with Gasteiger partial charge in [-0.05, 0) is 68.1 Å². The number of hydrogen-bond donors (Lipinski definition) is 1. The van der Waals surface area contributed by atoms with Gasteiger partial charge in [-0.2, -0.15) is 0 Å². The molecule has 0 radical (unpaired) electrons. The van der Waals surface area contributed by atoms with Crippen LogP contribution in [-0.2, 0) is 9.59 Å². The van der Waals surface area contributed by atoms with E-state index in [1.54, 1.807) is 23.1 Å². The first-order valence-electron chi connectivity index (χ1n) is 10.1. The van der Waals surface area contributed by atoms with Gasteiger partial charge in [0.25, 0.3) is 5.91 Å². The second-order valence-electron chi connectivity index (χ2n) is 8.55. The molecule has 1 N–H and O–H groups in total. The van der Waals surface area contributed by atoms with E-state index in [1.807, 2.05) is 6.07 Å². The van der Waals surface area contributed by atoms with Crippen molar-refractivity contribution in [2.24, 2.45) is 17.8 Å². The minimum atomic E-state index is -0.312. The SMILES string of the molecule is O=C(C[C@H]1C[C@H]2CC[C@H]1C2)Nc1cccc(N2C(=O)[C@@H]3CCCN3C2=O)c1. The molecule has 1 aromatic rings. The molecule has 6 heteroatoms. The van der Waals surface area contributed by atoms with Crippen LogP contribution in [0.1, 0.15) is 44.9 Å². The molecule has 4 fully saturated rings. The quantitative estimate of drug-likeness (QED) is 0.830. The first-order chi connectivity index (χ1) is 13.1. The molecule has 0 spiro atoms. The molecule has 2 aliphatic heterocycles. The van der Waals surface area contributed by atoms with Gasteiger partial charge in [0.05, 0.1) is 5.69 Å². The summed E-state index contributed by atoms with van der Waals surface area (Å²) in [5, 5.41) is 2.97. The maximum atomic E-state index is 12.6. The number of nitrogens with zero attached hydrogens (tertiary/aromatic N) is 2. The predicted octanol–water partition coefficient (Wildman–Crippen LogP) is 3.38. The molecule has 2 saturated carbocycles. The number of fused-ring (bicyclic) bond motifs is 3. The Morgan fingerprint density at radius 1 is 1.15 bits per heavy atom. The van der Waals surface area contributed by atoms with Crippen molar-refractivity contribution in [1.29, 1.82) is 0 Å². The van der Waals surface area contributed by atoms with Gasteiger partial charge in [-0.25, -0.2) is 9.69 Å². The molecule has 142 valence electrons. The Morgan fingerprint density at radius 3 is 2.78 bits per heavy atom. The van der Waals surface area contributed by atoms with Crippen molar-refractivity contribution in [1.82, 2.24) is 4.90 Å². The number of benzene rings is 1. The Morgan fingerprint density at radius 2 is 2.04 bits per heavy atom. The van der Waals surface area contributed by atoms with E-state index in [-0.39, 0.29) is 23.9 Å². The standard InChI is InChI=1S/C21H25N3O3/c25-19(11-15-10-13-6-7-14(15)9-13)22-16-3-1-4-17(12-16)24-20(26)18-5-2-8-23(18)21(24)27/h1,3-4,12-15,18H,2,5-11H2,(H,22,25)/t13-,14-,15+,18-/m0/s1. The summed E-state index contributed by atoms with van der Waals surface area (Å²) in [7, 11) is 0. The van der Waals surface area contributed by atoms with E-state index in [0.29, 0.717) is 30.3 Å². The first kappa shape index (κ1) is 16.8. The highest BCUT2D eigenvalue weighted by Gasteiger charge is 2.48. The average Bonchev–Trinajstić information content (AvgIpc) is 3.40. The van der Waals surface area contributed by atoms with Crippen LogP contribution in [-0.4, -0.2) is 35.3 Å². The van der Waals surface area contributed by atoms with Gasteiger partial charge in [-0.3, -0.25) is 9.59 Å². The zero-order chi connectivity index (χ0) is 18.5. The monoisotopic (exact) mass is 367 g/mol. The minimum absolute atomic E-state index is 0.0318. The number of rotatable bonds is 4. The van der Waals surface area contributed by atoms with Crippen molar-refractivity contribution < 1.29 is 14.4 Å². The fourth-order valence-corrected chi connectivity index (χ4v) is 5.66. The van der Waals surface area contributed by atoms with Gasteiger partial charge in [0.15, 0.2) is 0 Å². The van der Waals surface area contributed by atoms with Gasteiger partial charge in [-0.1, -0.05) is 12.5 Å². The Balaban J connectivity index is 1.27. The van der Waals surface area contributed by atoms with E-state index in [1.165, 1.54) is 30.6 Å². The van der Waals surface area contributed by atoms with Crippen molar-refractivity contribution in [3.05, 3.63) is 24.3 Å². The van der Waals surface area contributed by atoms with E-state index >= 15 is 0 Å². The molecule has 0 aromatic heterocycles. The smallest absolute Gasteiger partial charge is 0.326 e. The highest BCUT2D eigenvalue weighted by atomic mass is 16.2. The molecule has 0 unspecified atom stereocenters. The third-order valence-electron chi connectivity index (χ3n) is 6.92. The zero-order valence-corrected chi connectivity index (χ0v) is 15.4. The minimum Gasteiger partial charge on any atom is -0.326 e. The van der Waals surface area contributed by atoms with Crippen LogP contribution in [0.4, 0.5) is 16.2 Å². The molecule has 2 heterocycles. The van der Waals surface area contributed by atoms with Crippen LogP contribution in [0.5, 0.6) is 0 Å². The van der Waals surface area contributed by atoms with Gasteiger partial charge in [0.1, 0.15) is 6.04 Å². The van der Waals surface area contributed by atoms with Crippen LogP contribution >= 0.6 is 0 Å². The van der Waals surface area contributed by atoms with Crippen LogP contribution in [0.3, 0.4) is 0 Å². The van der Waals surface area contributed by atoms with Gasteiger partial charge in [-0.15, -0.1) is 0 Å². The molecule has 27 heavy (non-hydrogen) atoms. The molecule has 2 bridgehead atoms. The van der Waals surface area contributed by atoms with E-state index in [9.17, 15) is 14.4 Å². The van der Waals surface area contributed by atoms with Crippen molar-refractivity contribution in [3.8, 4) is 0 Å². The van der Waals surface area contributed by atoms with E-state index in [4.69, 9.17) is 0 Å². The van der Waals surface area contributed by atoms with Crippen molar-refractivity contribution >= 4 is 29.2 Å². The summed E-state index contributed by atoms with van der Waals surface area (Å²) in [6.45, 7) is 0.645. The Labute approximate surface area is 158 Å². The molecule has 2 aliphatic carbocycles. The van der Waals surface area contributed by atoms with E-state index in [0.717, 1.165) is 24.7 Å². The highest BCUT2D eigenvalue weighted by Crippen LogP contribution is 2.49. The number of urea groups is 1. The van der Waals surface area contributed by atoms with Crippen LogP contribution in [0.15, 0.2) is 24.3 Å². The van der Waals surface area contributed by atoms with Gasteiger partial charge in [0, 0.05) is 18.7 Å². The fraction of sp³-hybridized carbons (Fsp3) is 0.571. The van der Waals surface area contributed by atoms with Crippen molar-refractivity contribution in [2.75, 3.05) is 16.8 Å². The van der Waals surface area contributed by atoms with Gasteiger partial charge in [0.2, 0.25) is 5.91 Å². The number of nitrogens with one attached hydrogen (secondary N) is 1. The van der Waals surface area contributed by atoms with Crippen LogP contribution in [0, 0.1) is 17.8 Å². The summed E-state index contributed by atoms with van der Waals surface area (Å²) >= 11 is 0. The Hall–Kier alpha value is -2.37. The normalized spacial score (nSPS) is 31.7. The Kier molecular flexibility index (Phi) is 3.95. The second-order valence-corrected chi connectivity index (χ2v) is 8.55. The number of hydrogen-bond acceptors (Lipinski definition) is 3. The Bertz CT molecular complexity index is 786. The molecule has 4 atom stereocenters. The summed E-state index contributed by atoms with van der Waals surface area (Å²) in [5.74, 6) is 1.95. The lowest BCUT2D eigenvalue weighted by atomic mass is 9.86.